The Morgan fingerprint density at radius 1 is 0.941 bits per heavy atom. The molecule has 0 atom stereocenters. The van der Waals surface area contributed by atoms with Gasteiger partial charge in [-0.15, -0.1) is 0 Å². The Hall–Kier alpha value is -2.81. The van der Waals surface area contributed by atoms with Gasteiger partial charge in [0, 0.05) is 23.8 Å². The number of rotatable bonds is 8. The minimum atomic E-state index is -0.936. The minimum Gasteiger partial charge on any atom is -0.478 e. The Balaban J connectivity index is 1.40. The molecule has 5 heteroatoms. The highest BCUT2D eigenvalue weighted by atomic mass is 16.7. The maximum absolute atomic E-state index is 11.1. The second-order valence-electron chi connectivity index (χ2n) is 10.2. The summed E-state index contributed by atoms with van der Waals surface area (Å²) in [5, 5.41) is 9.08. The van der Waals surface area contributed by atoms with Crippen LogP contribution >= 0.6 is 0 Å². The van der Waals surface area contributed by atoms with Crippen LogP contribution in [0.5, 0.6) is 5.75 Å². The molecule has 0 amide bonds. The number of methoxy groups -OCH3 is 1. The molecule has 0 unspecified atom stereocenters. The molecule has 0 aromatic heterocycles. The van der Waals surface area contributed by atoms with E-state index in [9.17, 15) is 4.79 Å². The summed E-state index contributed by atoms with van der Waals surface area (Å²) in [5.74, 6) is 8.87. The maximum Gasteiger partial charge on any atom is 0.335 e. The van der Waals surface area contributed by atoms with Gasteiger partial charge in [-0.2, -0.15) is 0 Å². The maximum atomic E-state index is 11.1. The molecule has 4 aliphatic carbocycles. The zero-order chi connectivity index (χ0) is 23.5. The molecule has 1 N–H and O–H groups in total. The van der Waals surface area contributed by atoms with Gasteiger partial charge in [0.25, 0.3) is 0 Å². The highest BCUT2D eigenvalue weighted by molar-refractivity contribution is 5.87. The number of aromatic carboxylic acids is 1. The van der Waals surface area contributed by atoms with Crippen molar-refractivity contribution in [1.29, 1.82) is 0 Å². The highest BCUT2D eigenvalue weighted by Gasteiger charge is 2.52. The van der Waals surface area contributed by atoms with Gasteiger partial charge < -0.3 is 19.3 Å². The Morgan fingerprint density at radius 2 is 1.56 bits per heavy atom. The molecule has 4 aliphatic rings. The molecule has 5 nitrogen and oxygen atoms in total. The molecule has 0 saturated heterocycles. The van der Waals surface area contributed by atoms with Crippen molar-refractivity contribution >= 4 is 5.97 Å². The van der Waals surface area contributed by atoms with Crippen molar-refractivity contribution in [2.45, 2.75) is 43.9 Å². The minimum absolute atomic E-state index is 0.191. The third-order valence-corrected chi connectivity index (χ3v) is 7.80. The van der Waals surface area contributed by atoms with Crippen molar-refractivity contribution < 1.29 is 24.1 Å². The van der Waals surface area contributed by atoms with Crippen LogP contribution in [0, 0.1) is 29.6 Å². The van der Waals surface area contributed by atoms with Gasteiger partial charge in [0.05, 0.1) is 18.8 Å². The molecule has 4 fully saturated rings. The zero-order valence-corrected chi connectivity index (χ0v) is 19.7. The molecule has 0 radical (unpaired) electrons. The summed E-state index contributed by atoms with van der Waals surface area (Å²) >= 11 is 0. The van der Waals surface area contributed by atoms with Gasteiger partial charge in [0.1, 0.15) is 5.75 Å². The van der Waals surface area contributed by atoms with Crippen molar-refractivity contribution in [3.05, 3.63) is 64.7 Å². The number of ether oxygens (including phenoxy) is 3. The monoisotopic (exact) mass is 460 g/mol. The molecular weight excluding hydrogens is 428 g/mol. The van der Waals surface area contributed by atoms with E-state index in [2.05, 4.69) is 24.0 Å². The van der Waals surface area contributed by atoms with E-state index in [0.717, 1.165) is 34.6 Å². The summed E-state index contributed by atoms with van der Waals surface area (Å²) in [4.78, 5) is 11.1. The molecule has 4 bridgehead atoms. The van der Waals surface area contributed by atoms with Crippen molar-refractivity contribution in [1.82, 2.24) is 0 Å². The first-order valence-electron chi connectivity index (χ1n) is 12.2. The van der Waals surface area contributed by atoms with Crippen LogP contribution in [0.4, 0.5) is 0 Å². The van der Waals surface area contributed by atoms with E-state index in [4.69, 9.17) is 19.3 Å². The summed E-state index contributed by atoms with van der Waals surface area (Å²) in [6, 6.07) is 13.0. The van der Waals surface area contributed by atoms with Crippen LogP contribution in [-0.4, -0.2) is 38.2 Å². The second-order valence-corrected chi connectivity index (χ2v) is 10.2. The van der Waals surface area contributed by atoms with Crippen LogP contribution in [0.25, 0.3) is 0 Å². The fourth-order valence-electron chi connectivity index (χ4n) is 6.74. The zero-order valence-electron chi connectivity index (χ0n) is 19.7. The third kappa shape index (κ3) is 4.85. The Kier molecular flexibility index (Phi) is 6.63. The van der Waals surface area contributed by atoms with E-state index in [1.165, 1.54) is 44.1 Å². The molecule has 2 aromatic carbocycles. The van der Waals surface area contributed by atoms with Gasteiger partial charge in [-0.25, -0.2) is 4.79 Å². The van der Waals surface area contributed by atoms with Gasteiger partial charge in [-0.1, -0.05) is 17.9 Å². The lowest BCUT2D eigenvalue weighted by molar-refractivity contribution is -0.0189. The fraction of sp³-hybridized carbons (Fsp3) is 0.483. The van der Waals surface area contributed by atoms with Crippen LogP contribution in [-0.2, 0) is 14.9 Å². The van der Waals surface area contributed by atoms with Crippen LogP contribution < -0.4 is 4.74 Å². The lowest BCUT2D eigenvalue weighted by Gasteiger charge is -2.57. The van der Waals surface area contributed by atoms with E-state index < -0.39 is 5.97 Å². The van der Waals surface area contributed by atoms with E-state index in [1.807, 2.05) is 6.07 Å². The third-order valence-electron chi connectivity index (χ3n) is 7.80. The van der Waals surface area contributed by atoms with Crippen LogP contribution in [0.1, 0.15) is 65.6 Å². The van der Waals surface area contributed by atoms with Gasteiger partial charge in [0.15, 0.2) is 6.79 Å². The quantitative estimate of drug-likeness (QED) is 0.331. The normalized spacial score (nSPS) is 26.7. The number of carboxylic acids is 1. The summed E-state index contributed by atoms with van der Waals surface area (Å²) in [5.41, 5.74) is 3.45. The van der Waals surface area contributed by atoms with Crippen molar-refractivity contribution in [3.63, 3.8) is 0 Å². The standard InChI is InChI=1S/C29H32O5/c1-32-10-11-33-19-34-27-15-21(3-2-20-4-7-25(8-5-20)28(30)31)6-9-26(27)29-16-22-12-23(17-29)14-24(13-22)18-29/h4-9,15,22-24H,10-14,16-19H2,1H3,(H,30,31). The van der Waals surface area contributed by atoms with Crippen molar-refractivity contribution in [2.75, 3.05) is 27.1 Å². The van der Waals surface area contributed by atoms with E-state index >= 15 is 0 Å². The molecule has 0 heterocycles. The molecule has 2 aromatic rings. The Morgan fingerprint density at radius 3 is 2.18 bits per heavy atom. The van der Waals surface area contributed by atoms with Crippen LogP contribution in [0.2, 0.25) is 0 Å². The number of carboxylic acid groups (broad SMARTS) is 1. The number of benzene rings is 2. The summed E-state index contributed by atoms with van der Waals surface area (Å²) in [6.45, 7) is 1.22. The second kappa shape index (κ2) is 9.82. The van der Waals surface area contributed by atoms with E-state index in [0.29, 0.717) is 13.2 Å². The highest BCUT2D eigenvalue weighted by Crippen LogP contribution is 2.61. The molecule has 0 spiro atoms. The Labute approximate surface area is 201 Å². The lowest BCUT2D eigenvalue weighted by atomic mass is 9.48. The first-order chi connectivity index (χ1) is 16.5. The predicted molar refractivity (Wildman–Crippen MR) is 129 cm³/mol. The number of hydrogen-bond donors (Lipinski definition) is 1. The SMILES string of the molecule is COCCOCOc1cc(C#Cc2ccc(C(=O)O)cc2)ccc1C12CC3CC(CC(C3)C1)C2. The molecule has 178 valence electrons. The summed E-state index contributed by atoms with van der Waals surface area (Å²) < 4.78 is 16.9. The summed E-state index contributed by atoms with van der Waals surface area (Å²) in [6.07, 6.45) is 8.00. The molecule has 0 aliphatic heterocycles. The number of carbonyl (C=O) groups is 1. The first-order valence-corrected chi connectivity index (χ1v) is 12.2. The lowest BCUT2D eigenvalue weighted by Crippen LogP contribution is -2.48. The van der Waals surface area contributed by atoms with E-state index in [-0.39, 0.29) is 17.8 Å². The first kappa shape index (κ1) is 23.0. The van der Waals surface area contributed by atoms with Gasteiger partial charge >= 0.3 is 5.97 Å². The molecule has 34 heavy (non-hydrogen) atoms. The topological polar surface area (TPSA) is 65.0 Å². The fourth-order valence-corrected chi connectivity index (χ4v) is 6.74. The summed E-state index contributed by atoms with van der Waals surface area (Å²) in [7, 11) is 1.66. The van der Waals surface area contributed by atoms with Crippen LogP contribution in [0.15, 0.2) is 42.5 Å². The largest absolute Gasteiger partial charge is 0.478 e. The van der Waals surface area contributed by atoms with Gasteiger partial charge in [0.2, 0.25) is 0 Å². The van der Waals surface area contributed by atoms with Crippen molar-refractivity contribution in [2.24, 2.45) is 17.8 Å². The predicted octanol–water partition coefficient (Wildman–Crippen LogP) is 5.25. The van der Waals surface area contributed by atoms with Gasteiger partial charge in [-0.05, 0) is 98.1 Å². The van der Waals surface area contributed by atoms with Crippen LogP contribution in [0.3, 0.4) is 0 Å². The van der Waals surface area contributed by atoms with E-state index in [1.54, 1.807) is 31.4 Å². The smallest absolute Gasteiger partial charge is 0.335 e. The van der Waals surface area contributed by atoms with Gasteiger partial charge in [-0.3, -0.25) is 0 Å². The number of hydrogen-bond acceptors (Lipinski definition) is 4. The molecule has 6 rings (SSSR count). The average Bonchev–Trinajstić information content (AvgIpc) is 2.82. The Bertz CT molecular complexity index is 1060. The van der Waals surface area contributed by atoms with Crippen molar-refractivity contribution in [3.8, 4) is 17.6 Å². The molecular formula is C29H32O5. The average molecular weight is 461 g/mol. The molecule has 4 saturated carbocycles.